The number of nitrogens with one attached hydrogen (secondary N) is 1. The zero-order valence-corrected chi connectivity index (χ0v) is 7.55. The van der Waals surface area contributed by atoms with E-state index < -0.39 is 23.2 Å². The van der Waals surface area contributed by atoms with Gasteiger partial charge >= 0.3 is 0 Å². The summed E-state index contributed by atoms with van der Waals surface area (Å²) in [5.41, 5.74) is 4.68. The van der Waals surface area contributed by atoms with Crippen molar-refractivity contribution in [3.63, 3.8) is 0 Å². The van der Waals surface area contributed by atoms with Crippen molar-refractivity contribution in [2.75, 3.05) is 11.1 Å². The Hall–Kier alpha value is -2.16. The van der Waals surface area contributed by atoms with Crippen LogP contribution >= 0.6 is 0 Å². The van der Waals surface area contributed by atoms with Crippen LogP contribution in [-0.4, -0.2) is 5.91 Å². The van der Waals surface area contributed by atoms with Gasteiger partial charge in [-0.2, -0.15) is 5.26 Å². The molecular formula is C9H7F2N3O. The number of anilines is 2. The molecule has 0 spiro atoms. The topological polar surface area (TPSA) is 78.9 Å². The number of benzene rings is 1. The quantitative estimate of drug-likeness (QED) is 0.725. The number of nitrogen functional groups attached to an aromatic ring is 1. The normalized spacial score (nSPS) is 9.40. The first-order valence-corrected chi connectivity index (χ1v) is 3.96. The van der Waals surface area contributed by atoms with Crippen LogP contribution in [0.4, 0.5) is 20.2 Å². The number of nitrogens with two attached hydrogens (primary N) is 1. The van der Waals surface area contributed by atoms with Crippen molar-refractivity contribution < 1.29 is 13.6 Å². The Morgan fingerprint density at radius 2 is 2.20 bits per heavy atom. The molecule has 3 N–H and O–H groups in total. The minimum absolute atomic E-state index is 0.0471. The van der Waals surface area contributed by atoms with Crippen LogP contribution in [-0.2, 0) is 4.79 Å². The Balaban J connectivity index is 2.93. The number of carbonyl (C=O) groups is 1. The number of nitriles is 1. The first kappa shape index (κ1) is 10.9. The third-order valence-electron chi connectivity index (χ3n) is 1.65. The maximum atomic E-state index is 12.9. The summed E-state index contributed by atoms with van der Waals surface area (Å²) in [6.45, 7) is 0. The smallest absolute Gasteiger partial charge is 0.238 e. The molecule has 0 aliphatic heterocycles. The van der Waals surface area contributed by atoms with E-state index in [-0.39, 0.29) is 12.1 Å². The van der Waals surface area contributed by atoms with Crippen LogP contribution < -0.4 is 11.1 Å². The fourth-order valence-corrected chi connectivity index (χ4v) is 0.942. The number of rotatable bonds is 2. The average Bonchev–Trinajstić information content (AvgIpc) is 2.20. The van der Waals surface area contributed by atoms with Crippen LogP contribution in [0.5, 0.6) is 0 Å². The highest BCUT2D eigenvalue weighted by Crippen LogP contribution is 2.23. The van der Waals surface area contributed by atoms with Crippen molar-refractivity contribution in [3.8, 4) is 6.07 Å². The molecule has 0 saturated carbocycles. The van der Waals surface area contributed by atoms with E-state index in [4.69, 9.17) is 11.0 Å². The molecule has 0 unspecified atom stereocenters. The summed E-state index contributed by atoms with van der Waals surface area (Å²) >= 11 is 0. The molecule has 78 valence electrons. The second-order valence-corrected chi connectivity index (χ2v) is 2.71. The molecule has 15 heavy (non-hydrogen) atoms. The fraction of sp³-hybridized carbons (Fsp3) is 0.111. The predicted octanol–water partition coefficient (Wildman–Crippen LogP) is 1.40. The molecule has 0 aromatic heterocycles. The van der Waals surface area contributed by atoms with Crippen molar-refractivity contribution in [3.05, 3.63) is 23.8 Å². The third kappa shape index (κ3) is 2.40. The van der Waals surface area contributed by atoms with Crippen molar-refractivity contribution in [1.29, 1.82) is 5.26 Å². The van der Waals surface area contributed by atoms with Gasteiger partial charge in [-0.05, 0) is 12.1 Å². The van der Waals surface area contributed by atoms with E-state index in [0.717, 1.165) is 12.1 Å². The molecule has 0 aliphatic rings. The van der Waals surface area contributed by atoms with E-state index in [9.17, 15) is 13.6 Å². The molecule has 0 fully saturated rings. The molecule has 0 atom stereocenters. The van der Waals surface area contributed by atoms with E-state index >= 15 is 0 Å². The van der Waals surface area contributed by atoms with Gasteiger partial charge in [0.25, 0.3) is 0 Å². The van der Waals surface area contributed by atoms with Crippen LogP contribution in [0.25, 0.3) is 0 Å². The van der Waals surface area contributed by atoms with Crippen molar-refractivity contribution in [1.82, 2.24) is 0 Å². The summed E-state index contributed by atoms with van der Waals surface area (Å²) < 4.78 is 25.5. The van der Waals surface area contributed by atoms with Gasteiger partial charge in [-0.15, -0.1) is 0 Å². The van der Waals surface area contributed by atoms with E-state index in [1.165, 1.54) is 0 Å². The fourth-order valence-electron chi connectivity index (χ4n) is 0.942. The van der Waals surface area contributed by atoms with Gasteiger partial charge in [0.15, 0.2) is 11.6 Å². The molecule has 0 aliphatic carbocycles. The Labute approximate surface area is 84.3 Å². The van der Waals surface area contributed by atoms with E-state index in [0.29, 0.717) is 0 Å². The Kier molecular flexibility index (Phi) is 3.18. The lowest BCUT2D eigenvalue weighted by molar-refractivity contribution is -0.115. The van der Waals surface area contributed by atoms with Gasteiger partial charge in [-0.3, -0.25) is 4.79 Å². The lowest BCUT2D eigenvalue weighted by Gasteiger charge is -2.07. The van der Waals surface area contributed by atoms with Crippen LogP contribution in [0.1, 0.15) is 6.42 Å². The van der Waals surface area contributed by atoms with Crippen LogP contribution in [0, 0.1) is 23.0 Å². The molecule has 0 radical (unpaired) electrons. The molecular weight excluding hydrogens is 204 g/mol. The number of halogens is 2. The Bertz CT molecular complexity index is 440. The second kappa shape index (κ2) is 4.37. The minimum Gasteiger partial charge on any atom is -0.395 e. The van der Waals surface area contributed by atoms with Gasteiger partial charge in [0.05, 0.1) is 17.4 Å². The first-order valence-electron chi connectivity index (χ1n) is 3.96. The van der Waals surface area contributed by atoms with Crippen molar-refractivity contribution >= 4 is 17.3 Å². The maximum Gasteiger partial charge on any atom is 0.238 e. The number of nitrogens with zero attached hydrogens (tertiary/aromatic N) is 1. The lowest BCUT2D eigenvalue weighted by atomic mass is 10.2. The molecule has 1 rings (SSSR count). The van der Waals surface area contributed by atoms with Gasteiger partial charge < -0.3 is 11.1 Å². The summed E-state index contributed by atoms with van der Waals surface area (Å²) in [4.78, 5) is 11.0. The molecule has 4 nitrogen and oxygen atoms in total. The number of carbonyl (C=O) groups excluding carboxylic acids is 1. The largest absolute Gasteiger partial charge is 0.395 e. The zero-order valence-electron chi connectivity index (χ0n) is 7.55. The summed E-state index contributed by atoms with van der Waals surface area (Å²) in [6, 6.07) is 3.58. The summed E-state index contributed by atoms with van der Waals surface area (Å²) in [5.74, 6) is -2.94. The van der Waals surface area contributed by atoms with Gasteiger partial charge in [0.2, 0.25) is 5.91 Å². The highest BCUT2D eigenvalue weighted by atomic mass is 19.2. The second-order valence-electron chi connectivity index (χ2n) is 2.71. The van der Waals surface area contributed by atoms with Gasteiger partial charge in [-0.25, -0.2) is 8.78 Å². The monoisotopic (exact) mass is 211 g/mol. The summed E-state index contributed by atoms with van der Waals surface area (Å²) in [7, 11) is 0. The molecule has 1 aromatic rings. The van der Waals surface area contributed by atoms with Crippen LogP contribution in [0.2, 0.25) is 0 Å². The molecule has 1 aromatic carbocycles. The number of hydrogen-bond acceptors (Lipinski definition) is 3. The number of hydrogen-bond donors (Lipinski definition) is 2. The zero-order chi connectivity index (χ0) is 11.4. The highest BCUT2D eigenvalue weighted by Gasteiger charge is 2.12. The average molecular weight is 211 g/mol. The SMILES string of the molecule is N#CCC(=O)Nc1ccc(F)c(F)c1N. The Morgan fingerprint density at radius 3 is 2.80 bits per heavy atom. The lowest BCUT2D eigenvalue weighted by Crippen LogP contribution is -2.12. The first-order chi connectivity index (χ1) is 7.06. The minimum atomic E-state index is -1.22. The molecule has 6 heteroatoms. The molecule has 0 bridgehead atoms. The molecule has 0 saturated heterocycles. The summed E-state index contributed by atoms with van der Waals surface area (Å²) in [6.07, 6.45) is -0.377. The predicted molar refractivity (Wildman–Crippen MR) is 49.6 cm³/mol. The Morgan fingerprint density at radius 1 is 1.53 bits per heavy atom. The van der Waals surface area contributed by atoms with Crippen LogP contribution in [0.3, 0.4) is 0 Å². The van der Waals surface area contributed by atoms with Gasteiger partial charge in [0.1, 0.15) is 6.42 Å². The van der Waals surface area contributed by atoms with Gasteiger partial charge in [-0.1, -0.05) is 0 Å². The maximum absolute atomic E-state index is 12.9. The standard InChI is InChI=1S/C9H7F2N3O/c10-5-1-2-6(9(13)8(5)11)14-7(15)3-4-12/h1-2H,3,13H2,(H,14,15). The number of amides is 1. The summed E-state index contributed by atoms with van der Waals surface area (Å²) in [5, 5.41) is 10.4. The van der Waals surface area contributed by atoms with E-state index in [1.54, 1.807) is 6.07 Å². The van der Waals surface area contributed by atoms with Gasteiger partial charge in [0, 0.05) is 0 Å². The molecule has 1 amide bonds. The third-order valence-corrected chi connectivity index (χ3v) is 1.65. The van der Waals surface area contributed by atoms with Crippen molar-refractivity contribution in [2.24, 2.45) is 0 Å². The van der Waals surface area contributed by atoms with E-state index in [2.05, 4.69) is 5.32 Å². The highest BCUT2D eigenvalue weighted by molar-refractivity contribution is 5.94. The van der Waals surface area contributed by atoms with Crippen LogP contribution in [0.15, 0.2) is 12.1 Å². The van der Waals surface area contributed by atoms with Crippen molar-refractivity contribution in [2.45, 2.75) is 6.42 Å². The molecule has 0 heterocycles. The van der Waals surface area contributed by atoms with E-state index in [1.807, 2.05) is 0 Å².